The van der Waals surface area contributed by atoms with Crippen LogP contribution in [0.25, 0.3) is 0 Å². The molecule has 9 nitrogen and oxygen atoms in total. The minimum Gasteiger partial charge on any atom is -0.446 e. The summed E-state index contributed by atoms with van der Waals surface area (Å²) in [5.41, 5.74) is 8.71. The molecule has 10 heteroatoms. The summed E-state index contributed by atoms with van der Waals surface area (Å²) >= 11 is 3.58. The zero-order valence-corrected chi connectivity index (χ0v) is 31.4. The molecule has 0 unspecified atom stereocenters. The number of hydrogen-bond donors (Lipinski definition) is 0. The van der Waals surface area contributed by atoms with Gasteiger partial charge in [-0.1, -0.05) is 83.0 Å². The molecule has 4 aromatic rings. The molecule has 0 bridgehead atoms. The predicted octanol–water partition coefficient (Wildman–Crippen LogP) is 7.49. The normalized spacial score (nSPS) is 17.7. The highest BCUT2D eigenvalue weighted by atomic mass is 79.9. The highest BCUT2D eigenvalue weighted by Crippen LogP contribution is 2.36. The molecule has 0 spiro atoms. The Kier molecular flexibility index (Phi) is 13.3. The van der Waals surface area contributed by atoms with E-state index in [2.05, 4.69) is 60.7 Å². The quantitative estimate of drug-likeness (QED) is 0.123. The van der Waals surface area contributed by atoms with E-state index in [0.29, 0.717) is 19.6 Å². The number of piperazine rings is 1. The smallest absolute Gasteiger partial charge is 0.410 e. The fraction of sp³-hybridized carbons (Fsp3) is 0.463. The minimum absolute atomic E-state index is 0.114. The van der Waals surface area contributed by atoms with Gasteiger partial charge in [-0.05, 0) is 79.7 Å². The second kappa shape index (κ2) is 18.5. The maximum Gasteiger partial charge on any atom is 0.410 e. The molecule has 2 aromatic carbocycles. The summed E-state index contributed by atoms with van der Waals surface area (Å²) in [6, 6.07) is 21.3. The zero-order chi connectivity index (χ0) is 35.4. The van der Waals surface area contributed by atoms with Crippen LogP contribution in [-0.4, -0.2) is 80.6 Å². The Hall–Kier alpha value is -4.02. The molecular formula is C41H51BrN6O3. The van der Waals surface area contributed by atoms with Crippen LogP contribution < -0.4 is 0 Å². The van der Waals surface area contributed by atoms with E-state index in [4.69, 9.17) is 9.72 Å². The summed E-state index contributed by atoms with van der Waals surface area (Å²) in [4.78, 5) is 39.2. The number of nitrogens with zero attached hydrogens (tertiary/aromatic N) is 6. The van der Waals surface area contributed by atoms with Crippen molar-refractivity contribution in [3.8, 4) is 0 Å². The molecule has 51 heavy (non-hydrogen) atoms. The molecule has 7 rings (SSSR count). The molecule has 2 amide bonds. The van der Waals surface area contributed by atoms with E-state index in [1.807, 2.05) is 60.9 Å². The lowest BCUT2D eigenvalue weighted by Gasteiger charge is -2.39. The number of hydrogen-bond acceptors (Lipinski definition) is 6. The van der Waals surface area contributed by atoms with Gasteiger partial charge in [0.05, 0.1) is 23.8 Å². The SMILES string of the molecule is Cc1cn(CCCN(C=O)Cc2ccccc2)cn1.O=C(OC1CCCCC1)N1CCN([C@H]2c3ccccc3CCc3cc(CBr)cnc32)CC1. The molecule has 0 radical (unpaired) electrons. The van der Waals surface area contributed by atoms with Gasteiger partial charge >= 0.3 is 6.09 Å². The standard InChI is InChI=1S/C26H32BrN3O2.C15H19N3O/c27-17-19-16-21-11-10-20-6-4-5-9-23(20)25(24(21)28-18-19)29-12-14-30(15-13-29)26(31)32-22-7-2-1-3-8-22;1-14-10-17(12-16-14)8-5-9-18(13-19)11-15-6-3-2-4-7-15/h4-6,9,16,18,22,25H,1-3,7-8,10-15,17H2;2-4,6-7,10,12-13H,5,8-9,11H2,1H3/t25-;/m0./s1. The van der Waals surface area contributed by atoms with Crippen LogP contribution >= 0.6 is 15.9 Å². The summed E-state index contributed by atoms with van der Waals surface area (Å²) in [5, 5.41) is 0.826. The third kappa shape index (κ3) is 10.1. The van der Waals surface area contributed by atoms with Crippen LogP contribution in [0.3, 0.4) is 0 Å². The Morgan fingerprint density at radius 1 is 0.941 bits per heavy atom. The van der Waals surface area contributed by atoms with Crippen molar-refractivity contribution in [2.45, 2.75) is 88.9 Å². The van der Waals surface area contributed by atoms with E-state index in [1.165, 1.54) is 47.2 Å². The second-order valence-corrected chi connectivity index (χ2v) is 14.5. The number of alkyl halides is 1. The zero-order valence-electron chi connectivity index (χ0n) is 29.8. The number of rotatable bonds is 10. The van der Waals surface area contributed by atoms with Crippen LogP contribution in [0.15, 0.2) is 79.4 Å². The number of pyridine rings is 1. The molecule has 2 aliphatic carbocycles. The van der Waals surface area contributed by atoms with Crippen molar-refractivity contribution >= 4 is 28.4 Å². The number of aromatic nitrogens is 3. The first-order valence-electron chi connectivity index (χ1n) is 18.5. The van der Waals surface area contributed by atoms with Gasteiger partial charge in [-0.3, -0.25) is 14.7 Å². The molecule has 1 saturated carbocycles. The van der Waals surface area contributed by atoms with Crippen molar-refractivity contribution in [3.63, 3.8) is 0 Å². The van der Waals surface area contributed by atoms with Crippen molar-refractivity contribution in [1.82, 2.24) is 29.2 Å². The van der Waals surface area contributed by atoms with E-state index in [0.717, 1.165) is 81.3 Å². The Labute approximate surface area is 311 Å². The molecule has 1 atom stereocenters. The first-order chi connectivity index (χ1) is 25.0. The predicted molar refractivity (Wildman–Crippen MR) is 204 cm³/mol. The number of ether oxygens (including phenoxy) is 1. The van der Waals surface area contributed by atoms with Gasteiger partial charge in [-0.25, -0.2) is 9.78 Å². The van der Waals surface area contributed by atoms with Crippen LogP contribution in [0.5, 0.6) is 0 Å². The lowest BCUT2D eigenvalue weighted by molar-refractivity contribution is -0.118. The highest BCUT2D eigenvalue weighted by Gasteiger charge is 2.34. The minimum atomic E-state index is -0.127. The number of aryl methyl sites for hydroxylation is 4. The van der Waals surface area contributed by atoms with Gasteiger partial charge in [0.25, 0.3) is 0 Å². The van der Waals surface area contributed by atoms with Crippen molar-refractivity contribution in [1.29, 1.82) is 0 Å². The molecule has 0 N–H and O–H groups in total. The van der Waals surface area contributed by atoms with Crippen molar-refractivity contribution < 1.29 is 14.3 Å². The molecule has 3 heterocycles. The maximum absolute atomic E-state index is 12.7. The number of amides is 2. The fourth-order valence-electron chi connectivity index (χ4n) is 7.51. The molecule has 1 aliphatic heterocycles. The van der Waals surface area contributed by atoms with Gasteiger partial charge in [0.15, 0.2) is 0 Å². The first-order valence-corrected chi connectivity index (χ1v) is 19.7. The lowest BCUT2D eigenvalue weighted by atomic mass is 9.96. The maximum atomic E-state index is 12.7. The van der Waals surface area contributed by atoms with Gasteiger partial charge in [0, 0.05) is 63.5 Å². The average Bonchev–Trinajstić information content (AvgIpc) is 3.52. The Bertz CT molecular complexity index is 1700. The van der Waals surface area contributed by atoms with Crippen LogP contribution in [0, 0.1) is 6.92 Å². The third-order valence-corrected chi connectivity index (χ3v) is 10.9. The van der Waals surface area contributed by atoms with E-state index >= 15 is 0 Å². The van der Waals surface area contributed by atoms with E-state index in [1.54, 1.807) is 4.90 Å². The van der Waals surface area contributed by atoms with Gasteiger partial charge in [0.2, 0.25) is 6.41 Å². The van der Waals surface area contributed by atoms with E-state index in [9.17, 15) is 9.59 Å². The van der Waals surface area contributed by atoms with Crippen LogP contribution in [-0.2, 0) is 40.8 Å². The summed E-state index contributed by atoms with van der Waals surface area (Å²) in [5.74, 6) is 0. The van der Waals surface area contributed by atoms with Gasteiger partial charge in [0.1, 0.15) is 6.10 Å². The summed E-state index contributed by atoms with van der Waals surface area (Å²) in [7, 11) is 0. The van der Waals surface area contributed by atoms with Gasteiger partial charge < -0.3 is 19.1 Å². The molecule has 3 aliphatic rings. The van der Waals surface area contributed by atoms with Crippen molar-refractivity contribution in [3.05, 3.63) is 119 Å². The fourth-order valence-corrected chi connectivity index (χ4v) is 7.81. The number of carbonyl (C=O) groups excluding carboxylic acids is 2. The highest BCUT2D eigenvalue weighted by molar-refractivity contribution is 9.08. The third-order valence-electron chi connectivity index (χ3n) is 10.2. The van der Waals surface area contributed by atoms with Gasteiger partial charge in [-0.2, -0.15) is 0 Å². The van der Waals surface area contributed by atoms with E-state index < -0.39 is 0 Å². The monoisotopic (exact) mass is 754 g/mol. The topological polar surface area (TPSA) is 83.8 Å². The molecule has 2 aromatic heterocycles. The largest absolute Gasteiger partial charge is 0.446 e. The number of imidazole rings is 1. The van der Waals surface area contributed by atoms with Crippen molar-refractivity contribution in [2.24, 2.45) is 0 Å². The number of fused-ring (bicyclic) bond motifs is 2. The van der Waals surface area contributed by atoms with Crippen LogP contribution in [0.4, 0.5) is 4.79 Å². The van der Waals surface area contributed by atoms with Crippen LogP contribution in [0.1, 0.15) is 83.8 Å². The molecule has 1 saturated heterocycles. The first kappa shape index (κ1) is 36.8. The van der Waals surface area contributed by atoms with E-state index in [-0.39, 0.29) is 18.2 Å². The summed E-state index contributed by atoms with van der Waals surface area (Å²) in [6.07, 6.45) is 15.4. The molecular weight excluding hydrogens is 704 g/mol. The number of carbonyl (C=O) groups is 2. The number of benzene rings is 2. The van der Waals surface area contributed by atoms with Gasteiger partial charge in [-0.15, -0.1) is 0 Å². The lowest BCUT2D eigenvalue weighted by Crippen LogP contribution is -2.50. The Morgan fingerprint density at radius 3 is 2.41 bits per heavy atom. The summed E-state index contributed by atoms with van der Waals surface area (Å²) < 4.78 is 7.88. The van der Waals surface area contributed by atoms with Crippen molar-refractivity contribution in [2.75, 3.05) is 32.7 Å². The Balaban J connectivity index is 0.000000202. The second-order valence-electron chi connectivity index (χ2n) is 14.0. The molecule has 270 valence electrons. The summed E-state index contributed by atoms with van der Waals surface area (Å²) in [6.45, 7) is 7.38. The molecule has 2 fully saturated rings. The Morgan fingerprint density at radius 2 is 1.69 bits per heavy atom. The average molecular weight is 756 g/mol. The number of halogens is 1. The van der Waals surface area contributed by atoms with Crippen LogP contribution in [0.2, 0.25) is 0 Å².